The standard InChI is InChI=1S/C26H25F2N5O2/c1-29-26-19-13-17(18-8-4-9-20(27)23(18)28)14-21(35-12-6-10-22(34)33(2)3)24(19)31-25(32-26)16-7-5-11-30-15-16/h4-5,7-9,11,13-15H,6,10,12H2,1-3H3,(H,29,31,32). The third-order valence-corrected chi connectivity index (χ3v) is 5.48. The van der Waals surface area contributed by atoms with Gasteiger partial charge in [-0.3, -0.25) is 9.78 Å². The van der Waals surface area contributed by atoms with Crippen molar-refractivity contribution >= 4 is 22.6 Å². The van der Waals surface area contributed by atoms with Gasteiger partial charge in [0.2, 0.25) is 5.91 Å². The molecule has 7 nitrogen and oxygen atoms in total. The van der Waals surface area contributed by atoms with Crippen LogP contribution in [0.1, 0.15) is 12.8 Å². The molecule has 0 aliphatic rings. The molecule has 180 valence electrons. The van der Waals surface area contributed by atoms with Gasteiger partial charge in [0.05, 0.1) is 6.61 Å². The number of ether oxygens (including phenoxy) is 1. The number of hydrogen-bond acceptors (Lipinski definition) is 6. The Hall–Kier alpha value is -4.14. The zero-order valence-electron chi connectivity index (χ0n) is 19.7. The summed E-state index contributed by atoms with van der Waals surface area (Å²) in [6, 6.07) is 11.0. The Morgan fingerprint density at radius 1 is 1.09 bits per heavy atom. The van der Waals surface area contributed by atoms with E-state index in [2.05, 4.69) is 15.3 Å². The predicted octanol–water partition coefficient (Wildman–Crippen LogP) is 4.93. The molecule has 2 heterocycles. The molecule has 0 unspecified atom stereocenters. The molecule has 0 saturated heterocycles. The Labute approximate surface area is 201 Å². The Kier molecular flexibility index (Phi) is 7.14. The summed E-state index contributed by atoms with van der Waals surface area (Å²) in [6.45, 7) is 0.241. The minimum atomic E-state index is -0.951. The smallest absolute Gasteiger partial charge is 0.222 e. The molecule has 1 N–H and O–H groups in total. The van der Waals surface area contributed by atoms with Crippen LogP contribution in [-0.2, 0) is 4.79 Å². The monoisotopic (exact) mass is 477 g/mol. The van der Waals surface area contributed by atoms with E-state index in [-0.39, 0.29) is 18.1 Å². The minimum absolute atomic E-state index is 0.00676. The Morgan fingerprint density at radius 2 is 1.91 bits per heavy atom. The highest BCUT2D eigenvalue weighted by molar-refractivity contribution is 5.97. The summed E-state index contributed by atoms with van der Waals surface area (Å²) >= 11 is 0. The molecule has 0 aliphatic heterocycles. The molecule has 0 aliphatic carbocycles. The highest BCUT2D eigenvalue weighted by Gasteiger charge is 2.18. The van der Waals surface area contributed by atoms with E-state index < -0.39 is 11.6 Å². The topological polar surface area (TPSA) is 80.2 Å². The first kappa shape index (κ1) is 24.0. The summed E-state index contributed by atoms with van der Waals surface area (Å²) < 4.78 is 34.7. The highest BCUT2D eigenvalue weighted by atomic mass is 19.2. The van der Waals surface area contributed by atoms with Crippen LogP contribution in [0.25, 0.3) is 33.4 Å². The number of halogens is 2. The molecule has 0 spiro atoms. The second-order valence-corrected chi connectivity index (χ2v) is 8.10. The summed E-state index contributed by atoms with van der Waals surface area (Å²) in [7, 11) is 5.12. The Morgan fingerprint density at radius 3 is 2.63 bits per heavy atom. The van der Waals surface area contributed by atoms with Crippen LogP contribution in [0.5, 0.6) is 5.75 Å². The van der Waals surface area contributed by atoms with Gasteiger partial charge in [-0.25, -0.2) is 18.7 Å². The molecule has 4 aromatic rings. The number of benzene rings is 2. The lowest BCUT2D eigenvalue weighted by atomic mass is 10.0. The molecule has 1 amide bonds. The molecule has 0 bridgehead atoms. The van der Waals surface area contributed by atoms with Crippen molar-refractivity contribution in [3.8, 4) is 28.3 Å². The number of hydrogen-bond donors (Lipinski definition) is 1. The lowest BCUT2D eigenvalue weighted by molar-refractivity contribution is -0.128. The van der Waals surface area contributed by atoms with Gasteiger partial charge in [-0.05, 0) is 42.3 Å². The van der Waals surface area contributed by atoms with Gasteiger partial charge in [-0.1, -0.05) is 12.1 Å². The molecule has 2 aromatic carbocycles. The van der Waals surface area contributed by atoms with E-state index in [1.807, 2.05) is 6.07 Å². The number of rotatable bonds is 8. The predicted molar refractivity (Wildman–Crippen MR) is 131 cm³/mol. The minimum Gasteiger partial charge on any atom is -0.491 e. The van der Waals surface area contributed by atoms with Crippen molar-refractivity contribution in [2.75, 3.05) is 33.1 Å². The fourth-order valence-electron chi connectivity index (χ4n) is 3.64. The zero-order valence-corrected chi connectivity index (χ0v) is 19.7. The van der Waals surface area contributed by atoms with Crippen LogP contribution in [0.3, 0.4) is 0 Å². The molecule has 35 heavy (non-hydrogen) atoms. The van der Waals surface area contributed by atoms with Crippen LogP contribution in [0.15, 0.2) is 54.9 Å². The molecule has 0 radical (unpaired) electrons. The first-order chi connectivity index (χ1) is 16.9. The van der Waals surface area contributed by atoms with E-state index in [9.17, 15) is 13.6 Å². The number of fused-ring (bicyclic) bond motifs is 1. The van der Waals surface area contributed by atoms with Crippen LogP contribution >= 0.6 is 0 Å². The number of nitrogens with one attached hydrogen (secondary N) is 1. The number of carbonyl (C=O) groups is 1. The first-order valence-electron chi connectivity index (χ1n) is 11.1. The third-order valence-electron chi connectivity index (χ3n) is 5.48. The SMILES string of the molecule is CNc1nc(-c2cccnc2)nc2c(OCCCC(=O)N(C)C)cc(-c3cccc(F)c3F)cc12. The number of nitrogens with zero attached hydrogens (tertiary/aromatic N) is 4. The fourth-order valence-corrected chi connectivity index (χ4v) is 3.64. The van der Waals surface area contributed by atoms with Crippen molar-refractivity contribution in [3.05, 3.63) is 66.5 Å². The van der Waals surface area contributed by atoms with Crippen molar-refractivity contribution < 1.29 is 18.3 Å². The van der Waals surface area contributed by atoms with Crippen LogP contribution < -0.4 is 10.1 Å². The van der Waals surface area contributed by atoms with Crippen molar-refractivity contribution in [2.24, 2.45) is 0 Å². The Bertz CT molecular complexity index is 1360. The molecule has 0 saturated carbocycles. The number of anilines is 1. The largest absolute Gasteiger partial charge is 0.491 e. The zero-order chi connectivity index (χ0) is 24.9. The van der Waals surface area contributed by atoms with E-state index in [1.54, 1.807) is 51.7 Å². The maximum atomic E-state index is 14.6. The molecule has 9 heteroatoms. The fraction of sp³-hybridized carbons (Fsp3) is 0.231. The van der Waals surface area contributed by atoms with Crippen molar-refractivity contribution in [3.63, 3.8) is 0 Å². The van der Waals surface area contributed by atoms with Crippen LogP contribution in [0.4, 0.5) is 14.6 Å². The molecular formula is C26H25F2N5O2. The second-order valence-electron chi connectivity index (χ2n) is 8.10. The quantitative estimate of drug-likeness (QED) is 0.363. The lowest BCUT2D eigenvalue weighted by Crippen LogP contribution is -2.21. The van der Waals surface area contributed by atoms with Gasteiger partial charge in [-0.2, -0.15) is 0 Å². The van der Waals surface area contributed by atoms with Crippen molar-refractivity contribution in [2.45, 2.75) is 12.8 Å². The number of aromatic nitrogens is 3. The van der Waals surface area contributed by atoms with E-state index in [1.165, 1.54) is 17.0 Å². The summed E-state index contributed by atoms with van der Waals surface area (Å²) in [6.07, 6.45) is 4.12. The summed E-state index contributed by atoms with van der Waals surface area (Å²) in [5.41, 5.74) is 1.73. The maximum Gasteiger partial charge on any atom is 0.222 e. The average molecular weight is 478 g/mol. The number of pyridine rings is 1. The number of amides is 1. The molecule has 0 fully saturated rings. The van der Waals surface area contributed by atoms with Gasteiger partial charge in [0.15, 0.2) is 17.5 Å². The third kappa shape index (κ3) is 5.18. The number of carbonyl (C=O) groups excluding carboxylic acids is 1. The van der Waals surface area contributed by atoms with Crippen LogP contribution in [0, 0.1) is 11.6 Å². The van der Waals surface area contributed by atoms with Gasteiger partial charge in [0, 0.05) is 56.5 Å². The summed E-state index contributed by atoms with van der Waals surface area (Å²) in [5, 5.41) is 3.65. The van der Waals surface area contributed by atoms with Crippen LogP contribution in [-0.4, -0.2) is 53.5 Å². The van der Waals surface area contributed by atoms with E-state index in [0.29, 0.717) is 52.3 Å². The summed E-state index contributed by atoms with van der Waals surface area (Å²) in [5.74, 6) is -0.583. The van der Waals surface area contributed by atoms with E-state index in [4.69, 9.17) is 9.72 Å². The van der Waals surface area contributed by atoms with Crippen molar-refractivity contribution in [1.82, 2.24) is 19.9 Å². The molecular weight excluding hydrogens is 452 g/mol. The molecule has 2 aromatic heterocycles. The van der Waals surface area contributed by atoms with E-state index >= 15 is 0 Å². The van der Waals surface area contributed by atoms with Gasteiger partial charge in [0.1, 0.15) is 17.1 Å². The normalized spacial score (nSPS) is 10.9. The van der Waals surface area contributed by atoms with Crippen LogP contribution in [0.2, 0.25) is 0 Å². The summed E-state index contributed by atoms with van der Waals surface area (Å²) in [4.78, 5) is 26.9. The highest BCUT2D eigenvalue weighted by Crippen LogP contribution is 2.37. The average Bonchev–Trinajstić information content (AvgIpc) is 2.87. The maximum absolute atomic E-state index is 14.6. The van der Waals surface area contributed by atoms with Crippen molar-refractivity contribution in [1.29, 1.82) is 0 Å². The van der Waals surface area contributed by atoms with E-state index in [0.717, 1.165) is 6.07 Å². The molecule has 4 rings (SSSR count). The molecule has 0 atom stereocenters. The van der Waals surface area contributed by atoms with Gasteiger partial charge in [0.25, 0.3) is 0 Å². The van der Waals surface area contributed by atoms with Gasteiger partial charge >= 0.3 is 0 Å². The lowest BCUT2D eigenvalue weighted by Gasteiger charge is -2.16. The first-order valence-corrected chi connectivity index (χ1v) is 11.1. The Balaban J connectivity index is 1.83. The van der Waals surface area contributed by atoms with Gasteiger partial charge < -0.3 is 15.0 Å². The van der Waals surface area contributed by atoms with Gasteiger partial charge in [-0.15, -0.1) is 0 Å². The second kappa shape index (κ2) is 10.4.